The van der Waals surface area contributed by atoms with Crippen molar-refractivity contribution < 1.29 is 4.39 Å². The number of guanidine groups is 1. The van der Waals surface area contributed by atoms with Gasteiger partial charge >= 0.3 is 0 Å². The smallest absolute Gasteiger partial charge is 0.191 e. The maximum Gasteiger partial charge on any atom is 0.191 e. The number of rotatable bonds is 6. The van der Waals surface area contributed by atoms with Gasteiger partial charge in [-0.05, 0) is 42.3 Å². The maximum absolute atomic E-state index is 13.0. The number of anilines is 1. The molecule has 0 fully saturated rings. The third-order valence-electron chi connectivity index (χ3n) is 4.26. The van der Waals surface area contributed by atoms with Gasteiger partial charge in [-0.15, -0.1) is 0 Å². The number of nitrogens with zero attached hydrogens (tertiary/aromatic N) is 2. The van der Waals surface area contributed by atoms with Crippen LogP contribution < -0.4 is 15.5 Å². The van der Waals surface area contributed by atoms with Crippen LogP contribution in [0.25, 0.3) is 0 Å². The second kappa shape index (κ2) is 9.04. The van der Waals surface area contributed by atoms with E-state index >= 15 is 0 Å². The zero-order valence-electron chi connectivity index (χ0n) is 15.1. The molecule has 5 heteroatoms. The monoisotopic (exact) mass is 352 g/mol. The summed E-state index contributed by atoms with van der Waals surface area (Å²) in [5.74, 6) is 0.534. The van der Waals surface area contributed by atoms with E-state index in [0.29, 0.717) is 13.1 Å². The Morgan fingerprint density at radius 1 is 0.962 bits per heavy atom. The summed E-state index contributed by atoms with van der Waals surface area (Å²) < 4.78 is 13.0. The van der Waals surface area contributed by atoms with Crippen LogP contribution in [0.5, 0.6) is 0 Å². The highest BCUT2D eigenvalue weighted by molar-refractivity contribution is 5.79. The van der Waals surface area contributed by atoms with Gasteiger partial charge in [0.2, 0.25) is 0 Å². The van der Waals surface area contributed by atoms with Crippen molar-refractivity contribution in [1.29, 1.82) is 0 Å². The first kappa shape index (κ1) is 18.0. The van der Waals surface area contributed by atoms with Gasteiger partial charge < -0.3 is 15.5 Å². The van der Waals surface area contributed by atoms with Crippen LogP contribution in [-0.2, 0) is 13.1 Å². The van der Waals surface area contributed by atoms with E-state index in [0.717, 1.165) is 31.2 Å². The van der Waals surface area contributed by atoms with Gasteiger partial charge in [-0.3, -0.25) is 0 Å². The zero-order valence-corrected chi connectivity index (χ0v) is 15.1. The van der Waals surface area contributed by atoms with E-state index in [9.17, 15) is 4.39 Å². The Morgan fingerprint density at radius 2 is 1.62 bits per heavy atom. The number of aliphatic imine (C=N–C) groups is 1. The molecule has 4 nitrogen and oxygen atoms in total. The molecule has 3 rings (SSSR count). The fourth-order valence-corrected chi connectivity index (χ4v) is 2.80. The molecule has 0 saturated carbocycles. The summed E-state index contributed by atoms with van der Waals surface area (Å²) in [6.45, 7) is 6.00. The normalized spacial score (nSPS) is 13.9. The Kier molecular flexibility index (Phi) is 6.25. The molecule has 1 aliphatic heterocycles. The van der Waals surface area contributed by atoms with Crippen molar-refractivity contribution in [1.82, 2.24) is 10.6 Å². The molecule has 0 aliphatic carbocycles. The maximum atomic E-state index is 13.0. The topological polar surface area (TPSA) is 39.7 Å². The molecule has 1 aliphatic rings. The molecule has 0 saturated heterocycles. The average molecular weight is 352 g/mol. The predicted molar refractivity (Wildman–Crippen MR) is 106 cm³/mol. The summed E-state index contributed by atoms with van der Waals surface area (Å²) in [4.78, 5) is 6.96. The van der Waals surface area contributed by atoms with E-state index in [-0.39, 0.29) is 5.82 Å². The standard InChI is InChI=1S/C21H25FN4/c1-2-23-21(24-15-17-5-9-19(22)10-6-17)25-16-18-7-11-20(12-8-18)26-13-3-4-14-26/h3-12H,2,13-16H2,1H3,(H2,23,24,25). The largest absolute Gasteiger partial charge is 0.364 e. The first-order valence-electron chi connectivity index (χ1n) is 9.00. The Bertz CT molecular complexity index is 743. The number of benzene rings is 2. The van der Waals surface area contributed by atoms with Gasteiger partial charge in [0.1, 0.15) is 5.82 Å². The first-order valence-corrected chi connectivity index (χ1v) is 9.00. The van der Waals surface area contributed by atoms with Crippen molar-refractivity contribution in [3.05, 3.63) is 77.6 Å². The van der Waals surface area contributed by atoms with Crippen LogP contribution in [0.2, 0.25) is 0 Å². The lowest BCUT2D eigenvalue weighted by Gasteiger charge is -2.17. The Morgan fingerprint density at radius 3 is 2.27 bits per heavy atom. The molecule has 0 spiro atoms. The number of hydrogen-bond donors (Lipinski definition) is 2. The van der Waals surface area contributed by atoms with Crippen LogP contribution in [0.3, 0.4) is 0 Å². The quantitative estimate of drug-likeness (QED) is 0.475. The summed E-state index contributed by atoms with van der Waals surface area (Å²) in [7, 11) is 0. The van der Waals surface area contributed by atoms with Crippen molar-refractivity contribution in [2.24, 2.45) is 4.99 Å². The SMILES string of the molecule is CCNC(=NCc1ccc(N2CC=CC2)cc1)NCc1ccc(F)cc1. The van der Waals surface area contributed by atoms with E-state index in [1.807, 2.05) is 6.92 Å². The van der Waals surface area contributed by atoms with Crippen molar-refractivity contribution >= 4 is 11.6 Å². The third kappa shape index (κ3) is 5.09. The minimum Gasteiger partial charge on any atom is -0.364 e. The van der Waals surface area contributed by atoms with Gasteiger partial charge in [0.25, 0.3) is 0 Å². The molecule has 0 radical (unpaired) electrons. The molecule has 0 bridgehead atoms. The minimum absolute atomic E-state index is 0.220. The lowest BCUT2D eigenvalue weighted by molar-refractivity contribution is 0.626. The second-order valence-electron chi connectivity index (χ2n) is 6.22. The van der Waals surface area contributed by atoms with Crippen LogP contribution in [0, 0.1) is 5.82 Å². The van der Waals surface area contributed by atoms with Gasteiger partial charge in [-0.1, -0.05) is 36.4 Å². The molecular weight excluding hydrogens is 327 g/mol. The Hall–Kier alpha value is -2.82. The number of nitrogens with one attached hydrogen (secondary N) is 2. The molecule has 26 heavy (non-hydrogen) atoms. The fraction of sp³-hybridized carbons (Fsp3) is 0.286. The van der Waals surface area contributed by atoms with Gasteiger partial charge in [-0.2, -0.15) is 0 Å². The lowest BCUT2D eigenvalue weighted by Crippen LogP contribution is -2.36. The van der Waals surface area contributed by atoms with Gasteiger partial charge in [0.15, 0.2) is 5.96 Å². The molecule has 2 N–H and O–H groups in total. The lowest BCUT2D eigenvalue weighted by atomic mass is 10.2. The van der Waals surface area contributed by atoms with Crippen molar-refractivity contribution in [3.8, 4) is 0 Å². The van der Waals surface area contributed by atoms with Crippen molar-refractivity contribution in [3.63, 3.8) is 0 Å². The van der Waals surface area contributed by atoms with E-state index < -0.39 is 0 Å². The van der Waals surface area contributed by atoms with E-state index in [1.165, 1.54) is 23.4 Å². The predicted octanol–water partition coefficient (Wildman–Crippen LogP) is 3.46. The van der Waals surface area contributed by atoms with E-state index in [2.05, 4.69) is 56.9 Å². The molecule has 0 aromatic heterocycles. The van der Waals surface area contributed by atoms with Gasteiger partial charge in [-0.25, -0.2) is 9.38 Å². The number of hydrogen-bond acceptors (Lipinski definition) is 2. The molecule has 136 valence electrons. The highest BCUT2D eigenvalue weighted by atomic mass is 19.1. The first-order chi connectivity index (χ1) is 12.7. The van der Waals surface area contributed by atoms with Crippen LogP contribution in [0.4, 0.5) is 10.1 Å². The van der Waals surface area contributed by atoms with Crippen LogP contribution in [-0.4, -0.2) is 25.6 Å². The van der Waals surface area contributed by atoms with Crippen LogP contribution in [0.15, 0.2) is 65.7 Å². The highest BCUT2D eigenvalue weighted by Gasteiger charge is 2.07. The fourth-order valence-electron chi connectivity index (χ4n) is 2.80. The summed E-state index contributed by atoms with van der Waals surface area (Å²) in [5.41, 5.74) is 3.42. The van der Waals surface area contributed by atoms with Gasteiger partial charge in [0, 0.05) is 31.9 Å². The summed E-state index contributed by atoms with van der Waals surface area (Å²) in [6, 6.07) is 15.0. The van der Waals surface area contributed by atoms with E-state index in [1.54, 1.807) is 12.1 Å². The minimum atomic E-state index is -0.220. The Balaban J connectivity index is 1.56. The van der Waals surface area contributed by atoms with Crippen LogP contribution in [0.1, 0.15) is 18.1 Å². The molecular formula is C21H25FN4. The summed E-state index contributed by atoms with van der Waals surface area (Å²) in [6.07, 6.45) is 4.38. The summed E-state index contributed by atoms with van der Waals surface area (Å²) in [5, 5.41) is 6.52. The molecule has 0 amide bonds. The van der Waals surface area contributed by atoms with E-state index in [4.69, 9.17) is 0 Å². The summed E-state index contributed by atoms with van der Waals surface area (Å²) >= 11 is 0. The van der Waals surface area contributed by atoms with Crippen LogP contribution >= 0.6 is 0 Å². The average Bonchev–Trinajstić information content (AvgIpc) is 3.20. The molecule has 2 aromatic rings. The van der Waals surface area contributed by atoms with Crippen molar-refractivity contribution in [2.45, 2.75) is 20.0 Å². The number of halogens is 1. The molecule has 1 heterocycles. The Labute approximate surface area is 154 Å². The van der Waals surface area contributed by atoms with Gasteiger partial charge in [0.05, 0.1) is 6.54 Å². The third-order valence-corrected chi connectivity index (χ3v) is 4.26. The second-order valence-corrected chi connectivity index (χ2v) is 6.22. The zero-order chi connectivity index (χ0) is 18.2. The molecule has 0 unspecified atom stereocenters. The molecule has 2 aromatic carbocycles. The highest BCUT2D eigenvalue weighted by Crippen LogP contribution is 2.17. The van der Waals surface area contributed by atoms with Crippen molar-refractivity contribution in [2.75, 3.05) is 24.5 Å². The molecule has 0 atom stereocenters.